The highest BCUT2D eigenvalue weighted by Crippen LogP contribution is 2.32. The fourth-order valence-electron chi connectivity index (χ4n) is 5.40. The lowest BCUT2D eigenvalue weighted by Gasteiger charge is -2.43. The Hall–Kier alpha value is -2.76. The Morgan fingerprint density at radius 3 is 2.10 bits per heavy atom. The van der Waals surface area contributed by atoms with Crippen molar-refractivity contribution in [2.75, 3.05) is 26.2 Å². The molecule has 5 rings (SSSR count). The quantitative estimate of drug-likeness (QED) is 0.159. The molecule has 0 bridgehead atoms. The number of carbonyl (C=O) groups excluding carboxylic acids is 1. The van der Waals surface area contributed by atoms with E-state index in [-0.39, 0.29) is 5.56 Å². The molecular formula is C31H37IN4O3S. The molecule has 0 aliphatic carbocycles. The highest BCUT2D eigenvalue weighted by Gasteiger charge is 2.28. The molecule has 0 saturated carbocycles. The van der Waals surface area contributed by atoms with Crippen LogP contribution in [0.3, 0.4) is 0 Å². The number of hydrogen-bond donors (Lipinski definition) is 0. The molecule has 3 heterocycles. The minimum Gasteiger partial charge on any atom is -0.492 e. The van der Waals surface area contributed by atoms with Crippen LogP contribution in [0.4, 0.5) is 0 Å². The van der Waals surface area contributed by atoms with Crippen LogP contribution in [0.5, 0.6) is 5.75 Å². The summed E-state index contributed by atoms with van der Waals surface area (Å²) in [7, 11) is 3.29. The SMILES string of the molecule is CC.CC1CN(C=O)CC(C)N1CCOc1ccc(-c2ccc(-c3cn(C)c(=O)c4c3ccn4SI)cc2)cc1. The van der Waals surface area contributed by atoms with Crippen molar-refractivity contribution in [3.8, 4) is 28.0 Å². The number of piperazine rings is 1. The second-order valence-electron chi connectivity index (χ2n) is 9.88. The lowest BCUT2D eigenvalue weighted by atomic mass is 9.99. The van der Waals surface area contributed by atoms with E-state index in [0.29, 0.717) is 24.2 Å². The number of pyridine rings is 1. The predicted octanol–water partition coefficient (Wildman–Crippen LogP) is 6.48. The summed E-state index contributed by atoms with van der Waals surface area (Å²) < 4.78 is 9.61. The number of fused-ring (bicyclic) bond motifs is 1. The highest BCUT2D eigenvalue weighted by molar-refractivity contribution is 14.2. The molecule has 0 spiro atoms. The Morgan fingerprint density at radius 2 is 1.52 bits per heavy atom. The Kier molecular flexibility index (Phi) is 10.4. The first-order valence-electron chi connectivity index (χ1n) is 13.7. The second-order valence-corrected chi connectivity index (χ2v) is 11.6. The Bertz CT molecular complexity index is 1470. The van der Waals surface area contributed by atoms with Crippen molar-refractivity contribution in [3.63, 3.8) is 0 Å². The van der Waals surface area contributed by atoms with E-state index >= 15 is 0 Å². The van der Waals surface area contributed by atoms with Gasteiger partial charge < -0.3 is 14.2 Å². The average Bonchev–Trinajstić information content (AvgIpc) is 3.42. The third kappa shape index (κ3) is 6.42. The van der Waals surface area contributed by atoms with E-state index < -0.39 is 0 Å². The number of aryl methyl sites for hydroxylation is 1. The van der Waals surface area contributed by atoms with E-state index in [0.717, 1.165) is 59.4 Å². The minimum absolute atomic E-state index is 0.00124. The van der Waals surface area contributed by atoms with Crippen LogP contribution in [0.25, 0.3) is 33.2 Å². The van der Waals surface area contributed by atoms with Crippen molar-refractivity contribution in [2.24, 2.45) is 7.05 Å². The number of halogens is 1. The van der Waals surface area contributed by atoms with Gasteiger partial charge in [0.1, 0.15) is 17.9 Å². The van der Waals surface area contributed by atoms with E-state index in [2.05, 4.69) is 76.4 Å². The van der Waals surface area contributed by atoms with Crippen molar-refractivity contribution in [2.45, 2.75) is 39.8 Å². The number of amides is 1. The molecule has 1 aliphatic rings. The molecule has 40 heavy (non-hydrogen) atoms. The highest BCUT2D eigenvalue weighted by atomic mass is 127. The molecule has 0 radical (unpaired) electrons. The number of benzene rings is 2. The van der Waals surface area contributed by atoms with Gasteiger partial charge in [-0.2, -0.15) is 0 Å². The van der Waals surface area contributed by atoms with Crippen LogP contribution in [0.15, 0.2) is 71.8 Å². The smallest absolute Gasteiger partial charge is 0.275 e. The first-order valence-corrected chi connectivity index (χ1v) is 17.0. The van der Waals surface area contributed by atoms with E-state index in [1.807, 2.05) is 53.3 Å². The number of nitrogens with zero attached hydrogens (tertiary/aromatic N) is 4. The molecule has 1 aliphatic heterocycles. The van der Waals surface area contributed by atoms with Crippen LogP contribution in [0, 0.1) is 0 Å². The van der Waals surface area contributed by atoms with Gasteiger partial charge in [0, 0.05) is 92.4 Å². The standard InChI is InChI=1S/C29H31IN4O3S.C2H6/c1-20-16-32(19-35)17-21(2)33(20)14-15-37-25-10-8-23(9-11-25)22-4-6-24(7-5-22)27-18-31(3)29(36)28-26(27)12-13-34(28)38-30;1-2/h4-13,18-21H,14-17H2,1-3H3;1-2H3. The summed E-state index contributed by atoms with van der Waals surface area (Å²) >= 11 is 2.19. The summed E-state index contributed by atoms with van der Waals surface area (Å²) in [5.74, 6) is 0.849. The van der Waals surface area contributed by atoms with Crippen molar-refractivity contribution in [1.82, 2.24) is 18.3 Å². The predicted molar refractivity (Wildman–Crippen MR) is 175 cm³/mol. The summed E-state index contributed by atoms with van der Waals surface area (Å²) in [4.78, 5) is 28.1. The van der Waals surface area contributed by atoms with Crippen molar-refractivity contribution in [1.29, 1.82) is 0 Å². The molecule has 212 valence electrons. The van der Waals surface area contributed by atoms with Crippen LogP contribution >= 0.6 is 30.3 Å². The van der Waals surface area contributed by atoms with Crippen LogP contribution in [0.2, 0.25) is 0 Å². The van der Waals surface area contributed by atoms with Gasteiger partial charge in [-0.1, -0.05) is 50.2 Å². The van der Waals surface area contributed by atoms with Crippen LogP contribution in [-0.2, 0) is 11.8 Å². The third-order valence-corrected chi connectivity index (χ3v) is 9.07. The average molecular weight is 673 g/mol. The molecule has 1 saturated heterocycles. The van der Waals surface area contributed by atoms with Gasteiger partial charge in [-0.25, -0.2) is 0 Å². The van der Waals surface area contributed by atoms with Gasteiger partial charge in [0.25, 0.3) is 5.56 Å². The first kappa shape index (κ1) is 30.2. The molecule has 1 fully saturated rings. The summed E-state index contributed by atoms with van der Waals surface area (Å²) in [5.41, 5.74) is 5.06. The fraction of sp³-hybridized carbons (Fsp3) is 0.355. The second kappa shape index (κ2) is 13.7. The number of aromatic nitrogens is 2. The zero-order valence-electron chi connectivity index (χ0n) is 23.7. The van der Waals surface area contributed by atoms with Gasteiger partial charge in [0.05, 0.1) is 0 Å². The molecule has 1 amide bonds. The number of ether oxygens (including phenoxy) is 1. The molecule has 4 aromatic rings. The Balaban J connectivity index is 0.00000181. The molecular weight excluding hydrogens is 635 g/mol. The van der Waals surface area contributed by atoms with E-state index in [1.54, 1.807) is 11.6 Å². The maximum absolute atomic E-state index is 12.7. The molecule has 2 aromatic carbocycles. The third-order valence-electron chi connectivity index (χ3n) is 7.34. The molecule has 2 unspecified atom stereocenters. The molecule has 0 N–H and O–H groups in total. The topological polar surface area (TPSA) is 59.7 Å². The maximum Gasteiger partial charge on any atom is 0.275 e. The number of rotatable bonds is 8. The maximum atomic E-state index is 12.7. The Morgan fingerprint density at radius 1 is 0.950 bits per heavy atom. The largest absolute Gasteiger partial charge is 0.492 e. The van der Waals surface area contributed by atoms with Crippen molar-refractivity contribution < 1.29 is 9.53 Å². The lowest BCUT2D eigenvalue weighted by molar-refractivity contribution is -0.122. The van der Waals surface area contributed by atoms with E-state index in [1.165, 1.54) is 9.12 Å². The normalized spacial score (nSPS) is 17.4. The molecule has 2 aromatic heterocycles. The molecule has 7 nitrogen and oxygen atoms in total. The van der Waals surface area contributed by atoms with E-state index in [4.69, 9.17) is 4.74 Å². The first-order chi connectivity index (χ1) is 19.4. The van der Waals surface area contributed by atoms with Gasteiger partial charge >= 0.3 is 0 Å². The van der Waals surface area contributed by atoms with Gasteiger partial charge in [0.15, 0.2) is 0 Å². The van der Waals surface area contributed by atoms with Gasteiger partial charge in [-0.15, -0.1) is 0 Å². The van der Waals surface area contributed by atoms with Gasteiger partial charge in [-0.05, 0) is 48.7 Å². The van der Waals surface area contributed by atoms with Crippen LogP contribution in [0.1, 0.15) is 27.7 Å². The number of hydrogen-bond acceptors (Lipinski definition) is 5. The van der Waals surface area contributed by atoms with Crippen LogP contribution < -0.4 is 10.3 Å². The van der Waals surface area contributed by atoms with Gasteiger partial charge in [-0.3, -0.25) is 18.5 Å². The number of carbonyl (C=O) groups is 1. The summed E-state index contributed by atoms with van der Waals surface area (Å²) in [5, 5.41) is 0.959. The van der Waals surface area contributed by atoms with E-state index in [9.17, 15) is 9.59 Å². The zero-order chi connectivity index (χ0) is 28.8. The molecule has 9 heteroatoms. The lowest BCUT2D eigenvalue weighted by Crippen LogP contribution is -2.57. The summed E-state index contributed by atoms with van der Waals surface area (Å²) in [6.45, 7) is 11.3. The Labute approximate surface area is 252 Å². The fourth-order valence-corrected chi connectivity index (χ4v) is 6.73. The monoisotopic (exact) mass is 672 g/mol. The van der Waals surface area contributed by atoms with Crippen LogP contribution in [-0.4, -0.2) is 63.1 Å². The minimum atomic E-state index is 0.00124. The van der Waals surface area contributed by atoms with Crippen molar-refractivity contribution in [3.05, 3.63) is 77.3 Å². The van der Waals surface area contributed by atoms with Crippen molar-refractivity contribution >= 4 is 47.6 Å². The summed E-state index contributed by atoms with van der Waals surface area (Å²) in [6.07, 6.45) is 4.81. The molecule has 2 atom stereocenters. The zero-order valence-corrected chi connectivity index (χ0v) is 26.7. The van der Waals surface area contributed by atoms with Gasteiger partial charge in [0.2, 0.25) is 6.41 Å². The summed E-state index contributed by atoms with van der Waals surface area (Å²) in [6, 6.07) is 19.3.